The van der Waals surface area contributed by atoms with Gasteiger partial charge in [-0.25, -0.2) is 0 Å². The summed E-state index contributed by atoms with van der Waals surface area (Å²) in [6.45, 7) is 0.879. The maximum absolute atomic E-state index is 5.40. The molecule has 1 aliphatic rings. The summed E-state index contributed by atoms with van der Waals surface area (Å²) < 4.78 is 16.2. The summed E-state index contributed by atoms with van der Waals surface area (Å²) in [6.07, 6.45) is 1.21. The van der Waals surface area contributed by atoms with Crippen LogP contribution in [0.5, 0.6) is 17.2 Å². The first-order valence-corrected chi connectivity index (χ1v) is 9.02. The monoisotopic (exact) mass is 369 g/mol. The van der Waals surface area contributed by atoms with Crippen molar-refractivity contribution in [1.29, 1.82) is 0 Å². The number of benzene rings is 2. The molecule has 0 spiro atoms. The highest BCUT2D eigenvalue weighted by molar-refractivity contribution is 5.94. The van der Waals surface area contributed by atoms with E-state index in [2.05, 4.69) is 46.0 Å². The second kappa shape index (κ2) is 8.66. The molecule has 2 atom stereocenters. The molecule has 0 bridgehead atoms. The third-order valence-corrected chi connectivity index (χ3v) is 4.83. The van der Waals surface area contributed by atoms with Crippen molar-refractivity contribution in [3.63, 3.8) is 0 Å². The number of ether oxygens (including phenoxy) is 3. The Morgan fingerprint density at radius 1 is 1.04 bits per heavy atom. The Bertz CT molecular complexity index is 768. The lowest BCUT2D eigenvalue weighted by Gasteiger charge is -2.16. The molecule has 6 nitrogen and oxygen atoms in total. The summed E-state index contributed by atoms with van der Waals surface area (Å²) in [7, 11) is 6.55. The normalized spacial score (nSPS) is 18.6. The van der Waals surface area contributed by atoms with Crippen molar-refractivity contribution in [2.45, 2.75) is 12.3 Å². The van der Waals surface area contributed by atoms with Crippen LogP contribution in [0.25, 0.3) is 0 Å². The molecule has 1 aliphatic carbocycles. The quantitative estimate of drug-likeness (QED) is 0.578. The zero-order valence-electron chi connectivity index (χ0n) is 16.3. The number of anilines is 1. The van der Waals surface area contributed by atoms with Crippen molar-refractivity contribution in [1.82, 2.24) is 5.32 Å². The van der Waals surface area contributed by atoms with Crippen LogP contribution in [0, 0.1) is 5.92 Å². The van der Waals surface area contributed by atoms with Gasteiger partial charge in [-0.2, -0.15) is 0 Å². The van der Waals surface area contributed by atoms with Crippen LogP contribution >= 0.6 is 0 Å². The van der Waals surface area contributed by atoms with E-state index < -0.39 is 0 Å². The minimum Gasteiger partial charge on any atom is -0.493 e. The zero-order valence-corrected chi connectivity index (χ0v) is 16.3. The van der Waals surface area contributed by atoms with Gasteiger partial charge in [0.1, 0.15) is 0 Å². The number of hydrogen-bond donors (Lipinski definition) is 2. The molecule has 3 rings (SSSR count). The highest BCUT2D eigenvalue weighted by Crippen LogP contribution is 2.46. The molecule has 2 unspecified atom stereocenters. The number of aliphatic imine (C=N–C) groups is 1. The lowest BCUT2D eigenvalue weighted by Crippen LogP contribution is -2.32. The van der Waals surface area contributed by atoms with E-state index in [1.807, 2.05) is 12.1 Å². The van der Waals surface area contributed by atoms with Crippen LogP contribution in [-0.2, 0) is 0 Å². The highest BCUT2D eigenvalue weighted by atomic mass is 16.5. The average Bonchev–Trinajstić information content (AvgIpc) is 3.50. The Morgan fingerprint density at radius 3 is 2.26 bits per heavy atom. The summed E-state index contributed by atoms with van der Waals surface area (Å²) in [4.78, 5) is 4.32. The minimum absolute atomic E-state index is 0.567. The molecule has 0 saturated heterocycles. The maximum atomic E-state index is 5.40. The number of methoxy groups -OCH3 is 3. The fourth-order valence-electron chi connectivity index (χ4n) is 3.28. The van der Waals surface area contributed by atoms with Gasteiger partial charge in [0.2, 0.25) is 5.75 Å². The van der Waals surface area contributed by atoms with E-state index in [1.165, 1.54) is 12.0 Å². The van der Waals surface area contributed by atoms with E-state index in [0.717, 1.165) is 12.2 Å². The van der Waals surface area contributed by atoms with Crippen molar-refractivity contribution in [3.05, 3.63) is 48.0 Å². The van der Waals surface area contributed by atoms with Crippen LogP contribution in [0.1, 0.15) is 17.9 Å². The predicted octanol–water partition coefficient (Wildman–Crippen LogP) is 3.50. The van der Waals surface area contributed by atoms with Gasteiger partial charge in [-0.1, -0.05) is 30.3 Å². The summed E-state index contributed by atoms with van der Waals surface area (Å²) in [5.74, 6) is 3.74. The van der Waals surface area contributed by atoms with Crippen LogP contribution in [0.4, 0.5) is 5.69 Å². The Hall–Kier alpha value is -2.89. The Morgan fingerprint density at radius 2 is 1.70 bits per heavy atom. The SMILES string of the molecule is CN=C(NCC1CC1c1ccccc1)Nc1cc(OC)c(OC)c(OC)c1. The number of hydrogen-bond acceptors (Lipinski definition) is 4. The molecule has 6 heteroatoms. The number of guanidine groups is 1. The number of nitrogens with zero attached hydrogens (tertiary/aromatic N) is 1. The molecular formula is C21H27N3O3. The molecule has 0 aliphatic heterocycles. The largest absolute Gasteiger partial charge is 0.493 e. The lowest BCUT2D eigenvalue weighted by molar-refractivity contribution is 0.324. The fraction of sp³-hybridized carbons (Fsp3) is 0.381. The van der Waals surface area contributed by atoms with Gasteiger partial charge in [-0.05, 0) is 23.8 Å². The summed E-state index contributed by atoms with van der Waals surface area (Å²) in [5.41, 5.74) is 2.23. The predicted molar refractivity (Wildman–Crippen MR) is 108 cm³/mol. The van der Waals surface area contributed by atoms with Gasteiger partial charge in [0.15, 0.2) is 17.5 Å². The van der Waals surface area contributed by atoms with E-state index >= 15 is 0 Å². The Labute approximate surface area is 160 Å². The maximum Gasteiger partial charge on any atom is 0.203 e. The Kier molecular flexibility index (Phi) is 6.06. The van der Waals surface area contributed by atoms with Gasteiger partial charge in [-0.3, -0.25) is 4.99 Å². The van der Waals surface area contributed by atoms with Gasteiger partial charge < -0.3 is 24.8 Å². The summed E-state index contributed by atoms with van der Waals surface area (Å²) >= 11 is 0. The molecule has 0 heterocycles. The van der Waals surface area contributed by atoms with Crippen molar-refractivity contribution in [2.75, 3.05) is 40.2 Å². The van der Waals surface area contributed by atoms with Crippen molar-refractivity contribution >= 4 is 11.6 Å². The zero-order chi connectivity index (χ0) is 19.2. The molecule has 0 aromatic heterocycles. The molecule has 27 heavy (non-hydrogen) atoms. The molecule has 0 amide bonds. The summed E-state index contributed by atoms with van der Waals surface area (Å²) in [6, 6.07) is 14.4. The van der Waals surface area contributed by atoms with Crippen molar-refractivity contribution < 1.29 is 14.2 Å². The van der Waals surface area contributed by atoms with Gasteiger partial charge in [0, 0.05) is 31.4 Å². The third-order valence-electron chi connectivity index (χ3n) is 4.83. The van der Waals surface area contributed by atoms with Gasteiger partial charge in [0.25, 0.3) is 0 Å². The first-order chi connectivity index (χ1) is 13.2. The molecular weight excluding hydrogens is 342 g/mol. The second-order valence-electron chi connectivity index (χ2n) is 6.51. The van der Waals surface area contributed by atoms with Crippen LogP contribution in [0.15, 0.2) is 47.5 Å². The second-order valence-corrected chi connectivity index (χ2v) is 6.51. The molecule has 2 N–H and O–H groups in total. The van der Waals surface area contributed by atoms with Crippen LogP contribution in [0.2, 0.25) is 0 Å². The van der Waals surface area contributed by atoms with Crippen LogP contribution in [0.3, 0.4) is 0 Å². The van der Waals surface area contributed by atoms with E-state index in [-0.39, 0.29) is 0 Å². The smallest absolute Gasteiger partial charge is 0.203 e. The fourth-order valence-corrected chi connectivity index (χ4v) is 3.28. The molecule has 1 fully saturated rings. The Balaban J connectivity index is 1.61. The topological polar surface area (TPSA) is 64.1 Å². The van der Waals surface area contributed by atoms with Gasteiger partial charge >= 0.3 is 0 Å². The average molecular weight is 369 g/mol. The van der Waals surface area contributed by atoms with E-state index in [4.69, 9.17) is 14.2 Å². The summed E-state index contributed by atoms with van der Waals surface area (Å²) in [5, 5.41) is 6.70. The molecule has 2 aromatic carbocycles. The molecule has 2 aromatic rings. The first-order valence-electron chi connectivity index (χ1n) is 9.02. The van der Waals surface area contributed by atoms with E-state index in [9.17, 15) is 0 Å². The van der Waals surface area contributed by atoms with Gasteiger partial charge in [0.05, 0.1) is 21.3 Å². The van der Waals surface area contributed by atoms with Gasteiger partial charge in [-0.15, -0.1) is 0 Å². The first kappa shape index (κ1) is 18.9. The molecule has 0 radical (unpaired) electrons. The van der Waals surface area contributed by atoms with Crippen LogP contribution in [-0.4, -0.2) is 40.9 Å². The standard InChI is InChI=1S/C21H27N3O3/c1-22-21(23-13-15-10-17(15)14-8-6-5-7-9-14)24-16-11-18(25-2)20(27-4)19(12-16)26-3/h5-9,11-12,15,17H,10,13H2,1-4H3,(H2,22,23,24). The molecule has 144 valence electrons. The van der Waals surface area contributed by atoms with E-state index in [0.29, 0.717) is 35.0 Å². The highest BCUT2D eigenvalue weighted by Gasteiger charge is 2.37. The molecule has 1 saturated carbocycles. The van der Waals surface area contributed by atoms with E-state index in [1.54, 1.807) is 28.4 Å². The van der Waals surface area contributed by atoms with Crippen molar-refractivity contribution in [2.24, 2.45) is 10.9 Å². The number of rotatable bonds is 7. The lowest BCUT2D eigenvalue weighted by atomic mass is 10.1. The minimum atomic E-state index is 0.567. The third kappa shape index (κ3) is 4.45. The van der Waals surface area contributed by atoms with Crippen LogP contribution < -0.4 is 24.8 Å². The number of nitrogens with one attached hydrogen (secondary N) is 2. The van der Waals surface area contributed by atoms with Crippen molar-refractivity contribution in [3.8, 4) is 17.2 Å².